The highest BCUT2D eigenvalue weighted by Gasteiger charge is 2.33. The predicted octanol–water partition coefficient (Wildman–Crippen LogP) is 5.16. The summed E-state index contributed by atoms with van der Waals surface area (Å²) in [6.45, 7) is 5.24. The molecule has 1 N–H and O–H groups in total. The smallest absolute Gasteiger partial charge is 0.264 e. The van der Waals surface area contributed by atoms with Crippen LogP contribution in [0.15, 0.2) is 82.2 Å². The highest BCUT2D eigenvalue weighted by Crippen LogP contribution is 2.28. The molecule has 37 heavy (non-hydrogen) atoms. The molecule has 0 bridgehead atoms. The zero-order chi connectivity index (χ0) is 27.2. The lowest BCUT2D eigenvalue weighted by Gasteiger charge is -2.32. The Morgan fingerprint density at radius 1 is 1.03 bits per heavy atom. The monoisotopic (exact) mass is 605 g/mol. The number of para-hydroxylation sites is 1. The molecule has 0 fully saturated rings. The van der Waals surface area contributed by atoms with Crippen molar-refractivity contribution in [1.82, 2.24) is 10.2 Å². The first-order valence-corrected chi connectivity index (χ1v) is 14.3. The van der Waals surface area contributed by atoms with Crippen LogP contribution in [0, 0.1) is 6.92 Å². The van der Waals surface area contributed by atoms with Gasteiger partial charge in [0, 0.05) is 22.6 Å². The van der Waals surface area contributed by atoms with E-state index in [0.29, 0.717) is 22.8 Å². The molecule has 3 aromatic rings. The molecule has 0 heterocycles. The number of hydrogen-bond donors (Lipinski definition) is 1. The molecule has 0 unspecified atom stereocenters. The molecule has 0 aliphatic carbocycles. The number of rotatable bonds is 10. The summed E-state index contributed by atoms with van der Waals surface area (Å²) in [5.74, 6) is -0.839. The van der Waals surface area contributed by atoms with Crippen LogP contribution in [-0.4, -0.2) is 44.3 Å². The standard InChI is InChI=1S/C27H29BrClN3O4S/c1-4-30-27(34)20(3)31(17-21-9-7-10-22(28)16-21)26(33)18-32(25-11-6-5-8-19(25)2)37(35,36)24-14-12-23(29)13-15-24/h5-16,20H,4,17-18H2,1-3H3,(H,30,34)/t20-/m0/s1. The second-order valence-corrected chi connectivity index (χ2v) is 11.7. The van der Waals surface area contributed by atoms with Crippen LogP contribution in [0.25, 0.3) is 0 Å². The van der Waals surface area contributed by atoms with Gasteiger partial charge in [0.05, 0.1) is 10.6 Å². The van der Waals surface area contributed by atoms with Gasteiger partial charge < -0.3 is 10.2 Å². The molecule has 0 aliphatic heterocycles. The maximum absolute atomic E-state index is 13.8. The Morgan fingerprint density at radius 2 is 1.70 bits per heavy atom. The topological polar surface area (TPSA) is 86.8 Å². The number of likely N-dealkylation sites (N-methyl/N-ethyl adjacent to an activating group) is 1. The molecule has 0 spiro atoms. The number of sulfonamides is 1. The van der Waals surface area contributed by atoms with Crippen molar-refractivity contribution in [2.75, 3.05) is 17.4 Å². The van der Waals surface area contributed by atoms with E-state index >= 15 is 0 Å². The van der Waals surface area contributed by atoms with Crippen molar-refractivity contribution < 1.29 is 18.0 Å². The first-order valence-electron chi connectivity index (χ1n) is 11.7. The summed E-state index contributed by atoms with van der Waals surface area (Å²) < 4.78 is 29.5. The highest BCUT2D eigenvalue weighted by molar-refractivity contribution is 9.10. The van der Waals surface area contributed by atoms with Crippen molar-refractivity contribution in [3.63, 3.8) is 0 Å². The Balaban J connectivity index is 2.04. The highest BCUT2D eigenvalue weighted by atomic mass is 79.9. The minimum atomic E-state index is -4.14. The molecule has 10 heteroatoms. The molecule has 0 radical (unpaired) electrons. The first kappa shape index (κ1) is 28.7. The second kappa shape index (κ2) is 12.6. The van der Waals surface area contributed by atoms with E-state index in [2.05, 4.69) is 21.2 Å². The Morgan fingerprint density at radius 3 is 2.32 bits per heavy atom. The molecule has 3 aromatic carbocycles. The fraction of sp³-hybridized carbons (Fsp3) is 0.259. The third-order valence-electron chi connectivity index (χ3n) is 5.82. The van der Waals surface area contributed by atoms with Crippen LogP contribution in [0.5, 0.6) is 0 Å². The number of nitrogens with one attached hydrogen (secondary N) is 1. The molecular formula is C27H29BrClN3O4S. The van der Waals surface area contributed by atoms with Crippen LogP contribution in [0.1, 0.15) is 25.0 Å². The fourth-order valence-electron chi connectivity index (χ4n) is 3.83. The van der Waals surface area contributed by atoms with E-state index in [1.807, 2.05) is 24.3 Å². The van der Waals surface area contributed by atoms with E-state index in [9.17, 15) is 18.0 Å². The third kappa shape index (κ3) is 7.12. The number of nitrogens with zero attached hydrogens (tertiary/aromatic N) is 2. The average molecular weight is 607 g/mol. The van der Waals surface area contributed by atoms with Crippen LogP contribution in [0.3, 0.4) is 0 Å². The van der Waals surface area contributed by atoms with Gasteiger partial charge in [0.1, 0.15) is 12.6 Å². The van der Waals surface area contributed by atoms with Gasteiger partial charge in [0.25, 0.3) is 10.0 Å². The Hall–Kier alpha value is -2.88. The van der Waals surface area contributed by atoms with Crippen molar-refractivity contribution in [1.29, 1.82) is 0 Å². The summed E-state index contributed by atoms with van der Waals surface area (Å²) in [7, 11) is -4.14. The second-order valence-electron chi connectivity index (χ2n) is 8.47. The quantitative estimate of drug-likeness (QED) is 0.346. The summed E-state index contributed by atoms with van der Waals surface area (Å²) in [5.41, 5.74) is 1.85. The number of anilines is 1. The lowest BCUT2D eigenvalue weighted by Crippen LogP contribution is -2.51. The zero-order valence-corrected chi connectivity index (χ0v) is 24.0. The Kier molecular flexibility index (Phi) is 9.75. The van der Waals surface area contributed by atoms with Crippen molar-refractivity contribution in [2.24, 2.45) is 0 Å². The van der Waals surface area contributed by atoms with Gasteiger partial charge in [-0.1, -0.05) is 57.9 Å². The van der Waals surface area contributed by atoms with Crippen molar-refractivity contribution >= 4 is 55.1 Å². The molecule has 3 rings (SSSR count). The maximum Gasteiger partial charge on any atom is 0.264 e. The van der Waals surface area contributed by atoms with Gasteiger partial charge in [-0.05, 0) is 74.4 Å². The van der Waals surface area contributed by atoms with Gasteiger partial charge in [0.15, 0.2) is 0 Å². The zero-order valence-electron chi connectivity index (χ0n) is 20.8. The molecule has 0 saturated heterocycles. The van der Waals surface area contributed by atoms with Crippen LogP contribution in [0.4, 0.5) is 5.69 Å². The average Bonchev–Trinajstić information content (AvgIpc) is 2.86. The number of carbonyl (C=O) groups is 2. The van der Waals surface area contributed by atoms with Gasteiger partial charge in [-0.2, -0.15) is 0 Å². The molecule has 0 saturated carbocycles. The summed E-state index contributed by atoms with van der Waals surface area (Å²) >= 11 is 9.41. The van der Waals surface area contributed by atoms with Gasteiger partial charge in [-0.15, -0.1) is 0 Å². The SMILES string of the molecule is CCNC(=O)[C@H](C)N(Cc1cccc(Br)c1)C(=O)CN(c1ccccc1C)S(=O)(=O)c1ccc(Cl)cc1. The maximum atomic E-state index is 13.8. The van der Waals surface area contributed by atoms with E-state index < -0.39 is 28.5 Å². The molecule has 0 aromatic heterocycles. The third-order valence-corrected chi connectivity index (χ3v) is 8.34. The summed E-state index contributed by atoms with van der Waals surface area (Å²) in [6.07, 6.45) is 0. The number of benzene rings is 3. The van der Waals surface area contributed by atoms with E-state index in [4.69, 9.17) is 11.6 Å². The van der Waals surface area contributed by atoms with E-state index in [0.717, 1.165) is 14.3 Å². The molecule has 7 nitrogen and oxygen atoms in total. The first-order chi connectivity index (χ1) is 17.5. The normalized spacial score (nSPS) is 12.0. The van der Waals surface area contributed by atoms with E-state index in [1.165, 1.54) is 29.2 Å². The molecule has 196 valence electrons. The van der Waals surface area contributed by atoms with Gasteiger partial charge in [0.2, 0.25) is 11.8 Å². The number of hydrogen-bond acceptors (Lipinski definition) is 4. The van der Waals surface area contributed by atoms with Crippen molar-refractivity contribution in [2.45, 2.75) is 38.3 Å². The van der Waals surface area contributed by atoms with Crippen LogP contribution in [-0.2, 0) is 26.2 Å². The molecule has 1 atom stereocenters. The van der Waals surface area contributed by atoms with Gasteiger partial charge in [-0.3, -0.25) is 13.9 Å². The number of carbonyl (C=O) groups excluding carboxylic acids is 2. The van der Waals surface area contributed by atoms with Crippen LogP contribution in [0.2, 0.25) is 5.02 Å². The number of halogens is 2. The molecule has 0 aliphatic rings. The molecular weight excluding hydrogens is 578 g/mol. The number of amides is 2. The summed E-state index contributed by atoms with van der Waals surface area (Å²) in [4.78, 5) is 28.0. The summed E-state index contributed by atoms with van der Waals surface area (Å²) in [6, 6.07) is 19.3. The summed E-state index contributed by atoms with van der Waals surface area (Å²) in [5, 5.41) is 3.14. The van der Waals surface area contributed by atoms with Crippen LogP contribution < -0.4 is 9.62 Å². The predicted molar refractivity (Wildman–Crippen MR) is 150 cm³/mol. The van der Waals surface area contributed by atoms with E-state index in [-0.39, 0.29) is 17.3 Å². The lowest BCUT2D eigenvalue weighted by atomic mass is 10.1. The van der Waals surface area contributed by atoms with Crippen molar-refractivity contribution in [3.8, 4) is 0 Å². The van der Waals surface area contributed by atoms with Crippen molar-refractivity contribution in [3.05, 3.63) is 93.4 Å². The Bertz CT molecular complexity index is 1370. The minimum Gasteiger partial charge on any atom is -0.355 e. The molecule has 2 amide bonds. The van der Waals surface area contributed by atoms with Crippen LogP contribution >= 0.6 is 27.5 Å². The lowest BCUT2D eigenvalue weighted by molar-refractivity contribution is -0.139. The minimum absolute atomic E-state index is 0.00303. The fourth-order valence-corrected chi connectivity index (χ4v) is 5.88. The largest absolute Gasteiger partial charge is 0.355 e. The van der Waals surface area contributed by atoms with Gasteiger partial charge >= 0.3 is 0 Å². The van der Waals surface area contributed by atoms with E-state index in [1.54, 1.807) is 45.0 Å². The Labute approximate surface area is 231 Å². The van der Waals surface area contributed by atoms with Gasteiger partial charge in [-0.25, -0.2) is 8.42 Å². The number of aryl methyl sites for hydroxylation is 1.